The lowest BCUT2D eigenvalue weighted by Crippen LogP contribution is -1.98. The fraction of sp³-hybridized carbons (Fsp3) is 0.312. The second-order valence-corrected chi connectivity index (χ2v) is 5.05. The number of aryl methyl sites for hydroxylation is 2. The van der Waals surface area contributed by atoms with Crippen molar-refractivity contribution in [3.05, 3.63) is 51.8 Å². The molecular weight excluding hydrogens is 206 g/mol. The van der Waals surface area contributed by atoms with E-state index < -0.39 is 0 Å². The molecule has 0 N–H and O–H groups in total. The minimum Gasteiger partial charge on any atom is -0.257 e. The van der Waals surface area contributed by atoms with Gasteiger partial charge in [0.1, 0.15) is 0 Å². The quantitative estimate of drug-likeness (QED) is 0.563. The van der Waals surface area contributed by atoms with E-state index in [1.807, 2.05) is 0 Å². The van der Waals surface area contributed by atoms with Gasteiger partial charge in [-0.15, -0.1) is 0 Å². The van der Waals surface area contributed by atoms with Crippen molar-refractivity contribution >= 4 is 0 Å². The first-order chi connectivity index (χ1) is 8.09. The number of aromatic nitrogens is 1. The van der Waals surface area contributed by atoms with Gasteiger partial charge in [-0.1, -0.05) is 18.2 Å². The van der Waals surface area contributed by atoms with Crippen LogP contribution >= 0.6 is 0 Å². The number of hydrogen-bond acceptors (Lipinski definition) is 1. The molecular formula is C16H17N. The Balaban J connectivity index is 2.39. The number of pyridine rings is 1. The van der Waals surface area contributed by atoms with Gasteiger partial charge < -0.3 is 0 Å². The first-order valence-corrected chi connectivity index (χ1v) is 6.15. The van der Waals surface area contributed by atoms with E-state index in [4.69, 9.17) is 4.98 Å². The zero-order valence-corrected chi connectivity index (χ0v) is 10.9. The zero-order chi connectivity index (χ0) is 12.2. The van der Waals surface area contributed by atoms with Gasteiger partial charge in [0.2, 0.25) is 0 Å². The third kappa shape index (κ3) is 1.35. The second kappa shape index (κ2) is 3.43. The van der Waals surface area contributed by atoms with Crippen molar-refractivity contribution in [2.75, 3.05) is 0 Å². The van der Waals surface area contributed by atoms with Crippen molar-refractivity contribution < 1.29 is 0 Å². The summed E-state index contributed by atoms with van der Waals surface area (Å²) >= 11 is 0. The summed E-state index contributed by atoms with van der Waals surface area (Å²) in [7, 11) is 0. The molecule has 0 bridgehead atoms. The van der Waals surface area contributed by atoms with Crippen LogP contribution in [0, 0.1) is 27.7 Å². The standard InChI is InChI=1S/C16H17N/c1-9-6-5-7-13-8-14-16(15(9)13)11(3)10(2)12(4)17-14/h5-7H,8H2,1-4H3. The van der Waals surface area contributed by atoms with Crippen molar-refractivity contribution in [1.29, 1.82) is 0 Å². The highest BCUT2D eigenvalue weighted by Gasteiger charge is 2.24. The molecule has 0 amide bonds. The molecule has 0 saturated carbocycles. The van der Waals surface area contributed by atoms with E-state index >= 15 is 0 Å². The second-order valence-electron chi connectivity index (χ2n) is 5.05. The molecule has 86 valence electrons. The summed E-state index contributed by atoms with van der Waals surface area (Å²) in [4.78, 5) is 4.77. The minimum absolute atomic E-state index is 0.994. The van der Waals surface area contributed by atoms with Gasteiger partial charge in [0, 0.05) is 17.7 Å². The lowest BCUT2D eigenvalue weighted by Gasteiger charge is -2.12. The van der Waals surface area contributed by atoms with E-state index in [9.17, 15) is 0 Å². The van der Waals surface area contributed by atoms with Gasteiger partial charge in [0.15, 0.2) is 0 Å². The molecule has 2 aromatic rings. The molecule has 1 heterocycles. The lowest BCUT2D eigenvalue weighted by molar-refractivity contribution is 1.04. The zero-order valence-electron chi connectivity index (χ0n) is 10.9. The topological polar surface area (TPSA) is 12.9 Å². The third-order valence-electron chi connectivity index (χ3n) is 4.04. The van der Waals surface area contributed by atoms with Crippen LogP contribution in [0.25, 0.3) is 11.1 Å². The largest absolute Gasteiger partial charge is 0.257 e. The first-order valence-electron chi connectivity index (χ1n) is 6.15. The Hall–Kier alpha value is -1.63. The van der Waals surface area contributed by atoms with Crippen LogP contribution in [0.5, 0.6) is 0 Å². The van der Waals surface area contributed by atoms with Gasteiger partial charge in [-0.25, -0.2) is 0 Å². The highest BCUT2D eigenvalue weighted by molar-refractivity contribution is 5.81. The Labute approximate surface area is 103 Å². The monoisotopic (exact) mass is 223 g/mol. The molecule has 0 radical (unpaired) electrons. The molecule has 0 unspecified atom stereocenters. The van der Waals surface area contributed by atoms with Crippen LogP contribution in [0.3, 0.4) is 0 Å². The average Bonchev–Trinajstić information content (AvgIpc) is 2.65. The van der Waals surface area contributed by atoms with Crippen molar-refractivity contribution in [3.8, 4) is 11.1 Å². The number of nitrogens with zero attached hydrogens (tertiary/aromatic N) is 1. The highest BCUT2D eigenvalue weighted by Crippen LogP contribution is 2.41. The summed E-state index contributed by atoms with van der Waals surface area (Å²) < 4.78 is 0. The highest BCUT2D eigenvalue weighted by atomic mass is 14.7. The lowest BCUT2D eigenvalue weighted by atomic mass is 9.95. The molecule has 1 aliphatic rings. The predicted octanol–water partition coefficient (Wildman–Crippen LogP) is 3.89. The van der Waals surface area contributed by atoms with Crippen LogP contribution in [0.4, 0.5) is 0 Å². The van der Waals surface area contributed by atoms with Crippen molar-refractivity contribution in [3.63, 3.8) is 0 Å². The Morgan fingerprint density at radius 2 is 1.71 bits per heavy atom. The Kier molecular flexibility index (Phi) is 2.12. The molecule has 17 heavy (non-hydrogen) atoms. The van der Waals surface area contributed by atoms with Gasteiger partial charge in [-0.2, -0.15) is 0 Å². The van der Waals surface area contributed by atoms with Gasteiger partial charge in [-0.05, 0) is 55.5 Å². The van der Waals surface area contributed by atoms with Gasteiger partial charge in [-0.3, -0.25) is 4.98 Å². The Morgan fingerprint density at radius 3 is 2.47 bits per heavy atom. The molecule has 1 heteroatoms. The van der Waals surface area contributed by atoms with Gasteiger partial charge in [0.05, 0.1) is 5.69 Å². The van der Waals surface area contributed by atoms with Crippen LogP contribution < -0.4 is 0 Å². The van der Waals surface area contributed by atoms with Crippen LogP contribution in [0.2, 0.25) is 0 Å². The summed E-state index contributed by atoms with van der Waals surface area (Å²) in [6, 6.07) is 6.58. The van der Waals surface area contributed by atoms with E-state index in [-0.39, 0.29) is 0 Å². The number of rotatable bonds is 0. The maximum absolute atomic E-state index is 4.77. The summed E-state index contributed by atoms with van der Waals surface area (Å²) in [6.07, 6.45) is 0.994. The third-order valence-corrected chi connectivity index (χ3v) is 4.04. The molecule has 0 atom stereocenters. The van der Waals surface area contributed by atoms with Crippen molar-refractivity contribution in [2.24, 2.45) is 0 Å². The first kappa shape index (κ1) is 10.5. The van der Waals surface area contributed by atoms with Crippen LogP contribution in [0.1, 0.15) is 33.6 Å². The fourth-order valence-electron chi connectivity index (χ4n) is 2.89. The molecule has 0 fully saturated rings. The summed E-state index contributed by atoms with van der Waals surface area (Å²) in [5.41, 5.74) is 10.8. The van der Waals surface area contributed by atoms with Gasteiger partial charge in [0.25, 0.3) is 0 Å². The van der Waals surface area contributed by atoms with E-state index in [1.54, 1.807) is 0 Å². The molecule has 1 aromatic carbocycles. The van der Waals surface area contributed by atoms with Crippen molar-refractivity contribution in [2.45, 2.75) is 34.1 Å². The smallest absolute Gasteiger partial charge is 0.0532 e. The van der Waals surface area contributed by atoms with E-state index in [2.05, 4.69) is 45.9 Å². The van der Waals surface area contributed by atoms with Crippen LogP contribution in [0.15, 0.2) is 18.2 Å². The van der Waals surface area contributed by atoms with E-state index in [1.165, 1.54) is 44.8 Å². The molecule has 1 aliphatic carbocycles. The molecule has 3 rings (SSSR count). The molecule has 0 saturated heterocycles. The number of fused-ring (bicyclic) bond motifs is 3. The maximum Gasteiger partial charge on any atom is 0.0532 e. The normalized spacial score (nSPS) is 12.5. The van der Waals surface area contributed by atoms with E-state index in [0.717, 1.165) is 6.42 Å². The van der Waals surface area contributed by atoms with Crippen LogP contribution in [-0.2, 0) is 6.42 Å². The number of hydrogen-bond donors (Lipinski definition) is 0. The van der Waals surface area contributed by atoms with E-state index in [0.29, 0.717) is 0 Å². The van der Waals surface area contributed by atoms with Crippen LogP contribution in [-0.4, -0.2) is 4.98 Å². The molecule has 1 nitrogen and oxygen atoms in total. The Morgan fingerprint density at radius 1 is 0.941 bits per heavy atom. The van der Waals surface area contributed by atoms with Crippen molar-refractivity contribution in [1.82, 2.24) is 4.98 Å². The molecule has 1 aromatic heterocycles. The number of benzene rings is 1. The van der Waals surface area contributed by atoms with Gasteiger partial charge >= 0.3 is 0 Å². The molecule has 0 spiro atoms. The summed E-state index contributed by atoms with van der Waals surface area (Å²) in [6.45, 7) is 8.71. The Bertz CT molecular complexity index is 624. The summed E-state index contributed by atoms with van der Waals surface area (Å²) in [5.74, 6) is 0. The minimum atomic E-state index is 0.994. The summed E-state index contributed by atoms with van der Waals surface area (Å²) in [5, 5.41) is 0. The SMILES string of the molecule is Cc1cccc2c1-c1c(nc(C)c(C)c1C)C2. The fourth-order valence-corrected chi connectivity index (χ4v) is 2.89. The maximum atomic E-state index is 4.77. The average molecular weight is 223 g/mol. The predicted molar refractivity (Wildman–Crippen MR) is 71.4 cm³/mol. The molecule has 0 aliphatic heterocycles.